The quantitative estimate of drug-likeness (QED) is 0.436. The number of amides is 2. The van der Waals surface area contributed by atoms with Crippen LogP contribution in [0.2, 0.25) is 0 Å². The van der Waals surface area contributed by atoms with E-state index < -0.39 is 16.1 Å². The molecule has 0 saturated heterocycles. The number of rotatable bonds is 13. The van der Waals surface area contributed by atoms with E-state index in [2.05, 4.69) is 5.32 Å². The van der Waals surface area contributed by atoms with Gasteiger partial charge < -0.3 is 10.2 Å². The zero-order valence-electron chi connectivity index (χ0n) is 21.4. The molecule has 2 aromatic carbocycles. The van der Waals surface area contributed by atoms with Gasteiger partial charge >= 0.3 is 0 Å². The van der Waals surface area contributed by atoms with Gasteiger partial charge in [0, 0.05) is 25.6 Å². The molecule has 1 atom stereocenters. The standard InChI is InChI=1S/C28H39N3O4S/c1-3-26(28(33)29-24-15-10-11-16-24)30(22-20-23-13-6-4-7-14-23)27(32)19-12-21-31(36(2,34)35)25-17-8-5-9-18-25/h4-9,13-14,17-18,24,26H,3,10-12,15-16,19-22H2,1-2H3,(H,29,33)/t26-/m1/s1. The molecule has 2 aromatic rings. The van der Waals surface area contributed by atoms with Gasteiger partial charge in [-0.15, -0.1) is 0 Å². The average Bonchev–Trinajstić information content (AvgIpc) is 3.37. The van der Waals surface area contributed by atoms with Crippen LogP contribution in [0.3, 0.4) is 0 Å². The predicted molar refractivity (Wildman–Crippen MR) is 144 cm³/mol. The number of benzene rings is 2. The number of nitrogens with zero attached hydrogens (tertiary/aromatic N) is 2. The highest BCUT2D eigenvalue weighted by atomic mass is 32.2. The third-order valence-electron chi connectivity index (χ3n) is 6.77. The highest BCUT2D eigenvalue weighted by molar-refractivity contribution is 7.92. The Balaban J connectivity index is 1.69. The maximum absolute atomic E-state index is 13.5. The van der Waals surface area contributed by atoms with Crippen LogP contribution in [0.5, 0.6) is 0 Å². The van der Waals surface area contributed by atoms with Gasteiger partial charge in [-0.25, -0.2) is 8.42 Å². The van der Waals surface area contributed by atoms with Crippen molar-refractivity contribution in [3.05, 3.63) is 66.2 Å². The molecule has 7 nitrogen and oxygen atoms in total. The van der Waals surface area contributed by atoms with Crippen LogP contribution in [-0.2, 0) is 26.0 Å². The molecule has 2 amide bonds. The van der Waals surface area contributed by atoms with Crippen molar-refractivity contribution in [2.24, 2.45) is 0 Å². The van der Waals surface area contributed by atoms with Gasteiger partial charge in [-0.05, 0) is 49.8 Å². The van der Waals surface area contributed by atoms with E-state index in [-0.39, 0.29) is 30.8 Å². The van der Waals surface area contributed by atoms with Crippen LogP contribution >= 0.6 is 0 Å². The summed E-state index contributed by atoms with van der Waals surface area (Å²) >= 11 is 0. The molecule has 0 spiro atoms. The first-order valence-corrected chi connectivity index (χ1v) is 14.8. The second kappa shape index (κ2) is 13.4. The summed E-state index contributed by atoms with van der Waals surface area (Å²) in [4.78, 5) is 28.3. The predicted octanol–water partition coefficient (Wildman–Crippen LogP) is 4.14. The fourth-order valence-electron chi connectivity index (χ4n) is 4.86. The number of hydrogen-bond donors (Lipinski definition) is 1. The molecule has 1 aliphatic carbocycles. The Bertz CT molecular complexity index is 1070. The lowest BCUT2D eigenvalue weighted by Crippen LogP contribution is -2.52. The summed E-state index contributed by atoms with van der Waals surface area (Å²) in [5.74, 6) is -0.214. The molecule has 36 heavy (non-hydrogen) atoms. The van der Waals surface area contributed by atoms with E-state index in [1.807, 2.05) is 43.3 Å². The molecular weight excluding hydrogens is 474 g/mol. The Hall–Kier alpha value is -2.87. The number of nitrogens with one attached hydrogen (secondary N) is 1. The fraction of sp³-hybridized carbons (Fsp3) is 0.500. The van der Waals surface area contributed by atoms with E-state index >= 15 is 0 Å². The van der Waals surface area contributed by atoms with Gasteiger partial charge in [0.1, 0.15) is 6.04 Å². The second-order valence-electron chi connectivity index (χ2n) is 9.51. The molecule has 8 heteroatoms. The normalized spacial score (nSPS) is 14.8. The molecule has 0 aliphatic heterocycles. The third kappa shape index (κ3) is 8.08. The molecule has 0 radical (unpaired) electrons. The topological polar surface area (TPSA) is 86.8 Å². The summed E-state index contributed by atoms with van der Waals surface area (Å²) in [6.45, 7) is 2.57. The van der Waals surface area contributed by atoms with Crippen molar-refractivity contribution in [3.8, 4) is 0 Å². The van der Waals surface area contributed by atoms with Gasteiger partial charge in [0.15, 0.2) is 0 Å². The van der Waals surface area contributed by atoms with Crippen molar-refractivity contribution in [3.63, 3.8) is 0 Å². The first kappa shape index (κ1) is 27.7. The van der Waals surface area contributed by atoms with Crippen molar-refractivity contribution in [2.45, 2.75) is 70.4 Å². The van der Waals surface area contributed by atoms with Crippen molar-refractivity contribution in [2.75, 3.05) is 23.7 Å². The minimum absolute atomic E-state index is 0.0899. The number of hydrogen-bond acceptors (Lipinski definition) is 4. The van der Waals surface area contributed by atoms with Crippen LogP contribution in [0.4, 0.5) is 5.69 Å². The first-order valence-electron chi connectivity index (χ1n) is 13.0. The summed E-state index contributed by atoms with van der Waals surface area (Å²) in [6, 6.07) is 18.5. The molecule has 1 aliphatic rings. The van der Waals surface area contributed by atoms with Crippen LogP contribution < -0.4 is 9.62 Å². The van der Waals surface area contributed by atoms with Crippen LogP contribution in [0.1, 0.15) is 57.4 Å². The van der Waals surface area contributed by atoms with Gasteiger partial charge in [-0.3, -0.25) is 13.9 Å². The number of carbonyl (C=O) groups excluding carboxylic acids is 2. The SMILES string of the molecule is CC[C@H](C(=O)NC1CCCC1)N(CCc1ccccc1)C(=O)CCCN(c1ccccc1)S(C)(=O)=O. The largest absolute Gasteiger partial charge is 0.352 e. The minimum atomic E-state index is -3.49. The Labute approximate surface area is 215 Å². The highest BCUT2D eigenvalue weighted by Crippen LogP contribution is 2.20. The Morgan fingerprint density at radius 1 is 0.972 bits per heavy atom. The molecule has 0 heterocycles. The number of para-hydroxylation sites is 1. The lowest BCUT2D eigenvalue weighted by molar-refractivity contribution is -0.141. The van der Waals surface area contributed by atoms with E-state index in [1.165, 1.54) is 10.6 Å². The number of sulfonamides is 1. The summed E-state index contributed by atoms with van der Waals surface area (Å²) < 4.78 is 26.1. The van der Waals surface area contributed by atoms with Crippen molar-refractivity contribution in [1.82, 2.24) is 10.2 Å². The Kier molecular flexibility index (Phi) is 10.3. The van der Waals surface area contributed by atoms with Gasteiger partial charge in [0.2, 0.25) is 21.8 Å². The lowest BCUT2D eigenvalue weighted by Gasteiger charge is -2.32. The van der Waals surface area contributed by atoms with Crippen LogP contribution in [0, 0.1) is 0 Å². The third-order valence-corrected chi connectivity index (χ3v) is 7.96. The highest BCUT2D eigenvalue weighted by Gasteiger charge is 2.30. The van der Waals surface area contributed by atoms with E-state index in [0.29, 0.717) is 31.5 Å². The van der Waals surface area contributed by atoms with Gasteiger partial charge in [-0.2, -0.15) is 0 Å². The van der Waals surface area contributed by atoms with Gasteiger partial charge in [0.25, 0.3) is 0 Å². The van der Waals surface area contributed by atoms with E-state index in [9.17, 15) is 18.0 Å². The van der Waals surface area contributed by atoms with Crippen molar-refractivity contribution < 1.29 is 18.0 Å². The van der Waals surface area contributed by atoms with E-state index in [4.69, 9.17) is 0 Å². The molecule has 1 fully saturated rings. The molecule has 0 unspecified atom stereocenters. The van der Waals surface area contributed by atoms with E-state index in [1.54, 1.807) is 29.2 Å². The maximum atomic E-state index is 13.5. The van der Waals surface area contributed by atoms with Crippen molar-refractivity contribution in [1.29, 1.82) is 0 Å². The van der Waals surface area contributed by atoms with Crippen LogP contribution in [0.25, 0.3) is 0 Å². The molecule has 3 rings (SSSR count). The zero-order chi connectivity index (χ0) is 26.0. The van der Waals surface area contributed by atoms with Gasteiger partial charge in [-0.1, -0.05) is 68.3 Å². The molecule has 1 saturated carbocycles. The Morgan fingerprint density at radius 2 is 1.58 bits per heavy atom. The summed E-state index contributed by atoms with van der Waals surface area (Å²) in [5, 5.41) is 3.16. The summed E-state index contributed by atoms with van der Waals surface area (Å²) in [6.07, 6.45) is 7.10. The average molecular weight is 514 g/mol. The molecular formula is C28H39N3O4S. The maximum Gasteiger partial charge on any atom is 0.243 e. The molecule has 0 bridgehead atoms. The van der Waals surface area contributed by atoms with Crippen LogP contribution in [-0.4, -0.2) is 56.6 Å². The monoisotopic (exact) mass is 513 g/mol. The fourth-order valence-corrected chi connectivity index (χ4v) is 5.83. The van der Waals surface area contributed by atoms with Crippen LogP contribution in [0.15, 0.2) is 60.7 Å². The Morgan fingerprint density at radius 3 is 2.17 bits per heavy atom. The first-order chi connectivity index (χ1) is 17.3. The lowest BCUT2D eigenvalue weighted by atomic mass is 10.1. The summed E-state index contributed by atoms with van der Waals surface area (Å²) in [5.41, 5.74) is 1.68. The smallest absolute Gasteiger partial charge is 0.243 e. The molecule has 0 aromatic heterocycles. The van der Waals surface area contributed by atoms with E-state index in [0.717, 1.165) is 31.2 Å². The van der Waals surface area contributed by atoms with Gasteiger partial charge in [0.05, 0.1) is 11.9 Å². The van der Waals surface area contributed by atoms with Crippen molar-refractivity contribution >= 4 is 27.5 Å². The number of carbonyl (C=O) groups is 2. The number of anilines is 1. The second-order valence-corrected chi connectivity index (χ2v) is 11.4. The molecule has 196 valence electrons. The minimum Gasteiger partial charge on any atom is -0.352 e. The summed E-state index contributed by atoms with van der Waals surface area (Å²) in [7, 11) is -3.49. The molecule has 1 N–H and O–H groups in total. The zero-order valence-corrected chi connectivity index (χ0v) is 22.3.